The number of likely N-dealkylation sites (tertiary alicyclic amines) is 1. The van der Waals surface area contributed by atoms with Crippen molar-refractivity contribution >= 4 is 12.0 Å². The van der Waals surface area contributed by atoms with Crippen molar-refractivity contribution in [1.82, 2.24) is 15.1 Å². The standard InChI is InChI=1S/C30H40FN3O3/c1-22(35)33(2)26-15-16-28(32-30(36)37-21-24-9-5-3-6-10-24)27(20-26)29(34-17-7-4-8-18-34)19-23-11-13-25(31)14-12-23/h3,5-6,9-14,26-29H,4,7-8,15-21H2,1-2H3,(H,32,36)/t26-,27+,28-,29?/m1/s1. The molecule has 1 aliphatic heterocycles. The summed E-state index contributed by atoms with van der Waals surface area (Å²) < 4.78 is 19.2. The fourth-order valence-corrected chi connectivity index (χ4v) is 5.98. The van der Waals surface area contributed by atoms with Gasteiger partial charge in [-0.3, -0.25) is 9.69 Å². The largest absolute Gasteiger partial charge is 0.445 e. The smallest absolute Gasteiger partial charge is 0.407 e. The first-order chi connectivity index (χ1) is 17.9. The highest BCUT2D eigenvalue weighted by Gasteiger charge is 2.41. The molecule has 1 unspecified atom stereocenters. The summed E-state index contributed by atoms with van der Waals surface area (Å²) in [6.45, 7) is 3.87. The van der Waals surface area contributed by atoms with E-state index in [0.717, 1.165) is 62.7 Å². The van der Waals surface area contributed by atoms with Gasteiger partial charge in [-0.1, -0.05) is 48.9 Å². The van der Waals surface area contributed by atoms with Crippen molar-refractivity contribution in [3.63, 3.8) is 0 Å². The highest BCUT2D eigenvalue weighted by atomic mass is 19.1. The summed E-state index contributed by atoms with van der Waals surface area (Å²) in [6.07, 6.45) is 6.33. The minimum Gasteiger partial charge on any atom is -0.445 e. The van der Waals surface area contributed by atoms with Gasteiger partial charge in [0.05, 0.1) is 0 Å². The zero-order chi connectivity index (χ0) is 26.2. The molecule has 2 fully saturated rings. The second kappa shape index (κ2) is 13.0. The molecule has 1 saturated heterocycles. The number of hydrogen-bond donors (Lipinski definition) is 1. The molecule has 7 heteroatoms. The predicted octanol–water partition coefficient (Wildman–Crippen LogP) is 5.16. The van der Waals surface area contributed by atoms with E-state index in [1.54, 1.807) is 6.92 Å². The van der Waals surface area contributed by atoms with Gasteiger partial charge in [0, 0.05) is 32.1 Å². The Morgan fingerprint density at radius 1 is 1.03 bits per heavy atom. The molecular weight excluding hydrogens is 469 g/mol. The lowest BCUT2D eigenvalue weighted by Crippen LogP contribution is -2.57. The van der Waals surface area contributed by atoms with Crippen molar-refractivity contribution in [2.75, 3.05) is 20.1 Å². The molecule has 2 amide bonds. The lowest BCUT2D eigenvalue weighted by molar-refractivity contribution is -0.130. The first kappa shape index (κ1) is 27.1. The Bertz CT molecular complexity index is 1010. The number of benzene rings is 2. The SMILES string of the molecule is CC(=O)N(C)[C@@H]1CC[C@@H](NC(=O)OCc2ccccc2)[C@@H](C(Cc2ccc(F)cc2)N2CCCCC2)C1. The molecule has 37 heavy (non-hydrogen) atoms. The van der Waals surface area contributed by atoms with Gasteiger partial charge in [0.2, 0.25) is 5.91 Å². The van der Waals surface area contributed by atoms with Crippen LogP contribution in [0.4, 0.5) is 9.18 Å². The van der Waals surface area contributed by atoms with Gasteiger partial charge in [-0.25, -0.2) is 9.18 Å². The third-order valence-electron chi connectivity index (χ3n) is 8.14. The van der Waals surface area contributed by atoms with Crippen LogP contribution < -0.4 is 5.32 Å². The van der Waals surface area contributed by atoms with Crippen molar-refractivity contribution in [2.24, 2.45) is 5.92 Å². The molecule has 1 saturated carbocycles. The number of alkyl carbamates (subject to hydrolysis) is 1. The van der Waals surface area contributed by atoms with Gasteiger partial charge in [0.15, 0.2) is 0 Å². The number of piperidine rings is 1. The summed E-state index contributed by atoms with van der Waals surface area (Å²) in [5.41, 5.74) is 2.04. The Hall–Kier alpha value is -2.93. The van der Waals surface area contributed by atoms with E-state index in [-0.39, 0.29) is 42.4 Å². The van der Waals surface area contributed by atoms with Crippen LogP contribution in [-0.4, -0.2) is 60.1 Å². The van der Waals surface area contributed by atoms with Crippen molar-refractivity contribution in [3.8, 4) is 0 Å². The number of hydrogen-bond acceptors (Lipinski definition) is 4. The normalized spacial score (nSPS) is 23.2. The quantitative estimate of drug-likeness (QED) is 0.534. The van der Waals surface area contributed by atoms with Gasteiger partial charge in [-0.15, -0.1) is 0 Å². The monoisotopic (exact) mass is 509 g/mol. The summed E-state index contributed by atoms with van der Waals surface area (Å²) in [5.74, 6) is -0.0433. The van der Waals surface area contributed by atoms with Crippen LogP contribution in [0.25, 0.3) is 0 Å². The Morgan fingerprint density at radius 3 is 2.41 bits per heavy atom. The second-order valence-corrected chi connectivity index (χ2v) is 10.6. The first-order valence-corrected chi connectivity index (χ1v) is 13.6. The van der Waals surface area contributed by atoms with Crippen LogP contribution in [0.3, 0.4) is 0 Å². The number of carbonyl (C=O) groups excluding carboxylic acids is 2. The van der Waals surface area contributed by atoms with Crippen molar-refractivity contribution in [3.05, 3.63) is 71.5 Å². The third kappa shape index (κ3) is 7.54. The molecule has 4 rings (SSSR count). The zero-order valence-corrected chi connectivity index (χ0v) is 22.1. The van der Waals surface area contributed by atoms with Gasteiger partial charge >= 0.3 is 6.09 Å². The third-order valence-corrected chi connectivity index (χ3v) is 8.14. The van der Waals surface area contributed by atoms with Crippen LogP contribution in [0.15, 0.2) is 54.6 Å². The number of carbonyl (C=O) groups is 2. The van der Waals surface area contributed by atoms with E-state index < -0.39 is 6.09 Å². The number of nitrogens with zero attached hydrogens (tertiary/aromatic N) is 2. The van der Waals surface area contributed by atoms with Gasteiger partial charge in [-0.05, 0) is 80.8 Å². The van der Waals surface area contributed by atoms with Crippen LogP contribution in [0.5, 0.6) is 0 Å². The molecule has 200 valence electrons. The number of ether oxygens (including phenoxy) is 1. The molecule has 0 radical (unpaired) electrons. The molecule has 0 spiro atoms. The molecule has 0 bridgehead atoms. The van der Waals surface area contributed by atoms with E-state index in [1.165, 1.54) is 18.6 Å². The number of halogens is 1. The van der Waals surface area contributed by atoms with E-state index >= 15 is 0 Å². The summed E-state index contributed by atoms with van der Waals surface area (Å²) in [5, 5.41) is 3.19. The van der Waals surface area contributed by atoms with Crippen molar-refractivity contribution < 1.29 is 18.7 Å². The fraction of sp³-hybridized carbons (Fsp3) is 0.533. The highest BCUT2D eigenvalue weighted by Crippen LogP contribution is 2.35. The summed E-state index contributed by atoms with van der Waals surface area (Å²) in [6, 6.07) is 16.7. The lowest BCUT2D eigenvalue weighted by Gasteiger charge is -2.47. The van der Waals surface area contributed by atoms with Gasteiger partial charge in [-0.2, -0.15) is 0 Å². The maximum atomic E-state index is 13.6. The Balaban J connectivity index is 1.54. The Kier molecular flexibility index (Phi) is 9.56. The van der Waals surface area contributed by atoms with Crippen molar-refractivity contribution in [1.29, 1.82) is 0 Å². The van der Waals surface area contributed by atoms with E-state index in [4.69, 9.17) is 4.74 Å². The molecule has 6 nitrogen and oxygen atoms in total. The minimum atomic E-state index is -0.406. The molecule has 1 heterocycles. The van der Waals surface area contributed by atoms with E-state index in [2.05, 4.69) is 10.2 Å². The van der Waals surface area contributed by atoms with E-state index in [1.807, 2.05) is 54.4 Å². The highest BCUT2D eigenvalue weighted by molar-refractivity contribution is 5.73. The zero-order valence-electron chi connectivity index (χ0n) is 22.1. The minimum absolute atomic E-state index is 0.0606. The molecule has 2 aliphatic rings. The molecule has 1 N–H and O–H groups in total. The summed E-state index contributed by atoms with van der Waals surface area (Å²) in [4.78, 5) is 29.5. The van der Waals surface area contributed by atoms with E-state index in [0.29, 0.717) is 0 Å². The number of rotatable bonds is 8. The van der Waals surface area contributed by atoms with Crippen LogP contribution in [-0.2, 0) is 22.6 Å². The average Bonchev–Trinajstić information content (AvgIpc) is 2.92. The van der Waals surface area contributed by atoms with Crippen molar-refractivity contribution in [2.45, 2.75) is 76.6 Å². The number of amides is 2. The van der Waals surface area contributed by atoms with E-state index in [9.17, 15) is 14.0 Å². The molecule has 1 aliphatic carbocycles. The Labute approximate surface area is 220 Å². The van der Waals surface area contributed by atoms with Crippen LogP contribution >= 0.6 is 0 Å². The molecule has 2 aromatic carbocycles. The lowest BCUT2D eigenvalue weighted by atomic mass is 9.74. The summed E-state index contributed by atoms with van der Waals surface area (Å²) >= 11 is 0. The van der Waals surface area contributed by atoms with Crippen LogP contribution in [0, 0.1) is 11.7 Å². The topological polar surface area (TPSA) is 61.9 Å². The predicted molar refractivity (Wildman–Crippen MR) is 142 cm³/mol. The van der Waals surface area contributed by atoms with Gasteiger partial charge in [0.1, 0.15) is 12.4 Å². The summed E-state index contributed by atoms with van der Waals surface area (Å²) in [7, 11) is 1.88. The van der Waals surface area contributed by atoms with Crippen LogP contribution in [0.2, 0.25) is 0 Å². The van der Waals surface area contributed by atoms with Gasteiger partial charge in [0.25, 0.3) is 0 Å². The number of nitrogens with one attached hydrogen (secondary N) is 1. The fourth-order valence-electron chi connectivity index (χ4n) is 5.98. The molecular formula is C30H40FN3O3. The second-order valence-electron chi connectivity index (χ2n) is 10.6. The van der Waals surface area contributed by atoms with Crippen LogP contribution in [0.1, 0.15) is 56.6 Å². The maximum Gasteiger partial charge on any atom is 0.407 e. The molecule has 2 aromatic rings. The Morgan fingerprint density at radius 2 is 1.73 bits per heavy atom. The maximum absolute atomic E-state index is 13.6. The van der Waals surface area contributed by atoms with Gasteiger partial charge < -0.3 is 15.0 Å². The molecule has 4 atom stereocenters. The first-order valence-electron chi connectivity index (χ1n) is 13.6. The molecule has 0 aromatic heterocycles. The average molecular weight is 510 g/mol.